The van der Waals surface area contributed by atoms with Crippen molar-refractivity contribution in [2.75, 3.05) is 18.4 Å². The van der Waals surface area contributed by atoms with Crippen LogP contribution in [-0.2, 0) is 22.7 Å². The van der Waals surface area contributed by atoms with E-state index in [9.17, 15) is 9.18 Å². The van der Waals surface area contributed by atoms with Crippen molar-refractivity contribution in [3.63, 3.8) is 0 Å². The standard InChI is InChI=1S/C22H21FN2O2/c23-16-4-3-9-25(12-16)11-14-7-8-17-15(10-14)13-27-21(17)20-18-5-1-2-6-19(18)24-22(20)26/h1-2,5-8,10,16H,3-4,9,11-13H2,(H,24,26). The Hall–Kier alpha value is -2.66. The van der Waals surface area contributed by atoms with Crippen LogP contribution in [0, 0.1) is 0 Å². The van der Waals surface area contributed by atoms with E-state index < -0.39 is 6.17 Å². The molecule has 1 fully saturated rings. The first-order valence-corrected chi connectivity index (χ1v) is 9.45. The van der Waals surface area contributed by atoms with Gasteiger partial charge >= 0.3 is 0 Å². The van der Waals surface area contributed by atoms with Crippen molar-refractivity contribution in [2.45, 2.75) is 32.2 Å². The van der Waals surface area contributed by atoms with E-state index in [1.54, 1.807) is 0 Å². The third kappa shape index (κ3) is 2.92. The minimum Gasteiger partial charge on any atom is -0.487 e. The second-order valence-corrected chi connectivity index (χ2v) is 7.46. The lowest BCUT2D eigenvalue weighted by atomic mass is 9.99. The maximum Gasteiger partial charge on any atom is 0.260 e. The molecule has 138 valence electrons. The Morgan fingerprint density at radius 3 is 2.96 bits per heavy atom. The molecule has 1 saturated heterocycles. The SMILES string of the molecule is O=C1Nc2ccccc2C1=C1OCc2cc(CN3CCCC(F)C3)ccc21. The fourth-order valence-electron chi connectivity index (χ4n) is 4.26. The van der Waals surface area contributed by atoms with Gasteiger partial charge in [0, 0.05) is 35.5 Å². The van der Waals surface area contributed by atoms with Crippen LogP contribution in [0.3, 0.4) is 0 Å². The second kappa shape index (κ2) is 6.50. The summed E-state index contributed by atoms with van der Waals surface area (Å²) < 4.78 is 19.6. The zero-order valence-corrected chi connectivity index (χ0v) is 15.0. The van der Waals surface area contributed by atoms with Gasteiger partial charge in [0.2, 0.25) is 0 Å². The monoisotopic (exact) mass is 364 g/mol. The highest BCUT2D eigenvalue weighted by Gasteiger charge is 2.32. The number of hydrogen-bond acceptors (Lipinski definition) is 3. The third-order valence-electron chi connectivity index (χ3n) is 5.54. The van der Waals surface area contributed by atoms with Crippen molar-refractivity contribution in [3.8, 4) is 0 Å². The molecule has 5 rings (SSSR count). The Bertz CT molecular complexity index is 953. The number of carbonyl (C=O) groups excluding carboxylic acids is 1. The van der Waals surface area contributed by atoms with Gasteiger partial charge in [0.1, 0.15) is 18.5 Å². The number of rotatable bonds is 2. The van der Waals surface area contributed by atoms with Crippen molar-refractivity contribution in [1.82, 2.24) is 4.90 Å². The topological polar surface area (TPSA) is 41.6 Å². The van der Waals surface area contributed by atoms with E-state index in [0.717, 1.165) is 47.5 Å². The van der Waals surface area contributed by atoms with Gasteiger partial charge in [-0.2, -0.15) is 0 Å². The molecular weight excluding hydrogens is 343 g/mol. The number of benzene rings is 2. The fourth-order valence-corrected chi connectivity index (χ4v) is 4.26. The number of fused-ring (bicyclic) bond motifs is 2. The normalized spacial score (nSPS) is 24.3. The van der Waals surface area contributed by atoms with Gasteiger partial charge in [-0.1, -0.05) is 36.4 Å². The first kappa shape index (κ1) is 16.5. The number of nitrogens with zero attached hydrogens (tertiary/aromatic N) is 1. The van der Waals surface area contributed by atoms with Crippen LogP contribution in [0.25, 0.3) is 11.3 Å². The number of ether oxygens (including phenoxy) is 1. The smallest absolute Gasteiger partial charge is 0.260 e. The van der Waals surface area contributed by atoms with Gasteiger partial charge in [-0.05, 0) is 31.0 Å². The number of piperidine rings is 1. The Labute approximate surface area is 157 Å². The third-order valence-corrected chi connectivity index (χ3v) is 5.54. The highest BCUT2D eigenvalue weighted by atomic mass is 19.1. The van der Waals surface area contributed by atoms with Crippen LogP contribution in [0.15, 0.2) is 42.5 Å². The average Bonchev–Trinajstić information content (AvgIpc) is 3.21. The van der Waals surface area contributed by atoms with Gasteiger partial charge in [0.15, 0.2) is 0 Å². The van der Waals surface area contributed by atoms with Crippen LogP contribution in [0.4, 0.5) is 10.1 Å². The van der Waals surface area contributed by atoms with Crippen LogP contribution < -0.4 is 5.32 Å². The summed E-state index contributed by atoms with van der Waals surface area (Å²) in [6.45, 7) is 2.67. The highest BCUT2D eigenvalue weighted by molar-refractivity contribution is 6.36. The molecule has 1 amide bonds. The molecule has 2 aromatic rings. The van der Waals surface area contributed by atoms with Crippen LogP contribution in [0.1, 0.15) is 35.1 Å². The number of alkyl halides is 1. The first-order chi connectivity index (χ1) is 13.2. The maximum absolute atomic E-state index is 13.6. The number of hydrogen-bond donors (Lipinski definition) is 1. The summed E-state index contributed by atoms with van der Waals surface area (Å²) in [5.74, 6) is 0.534. The summed E-state index contributed by atoms with van der Waals surface area (Å²) in [5, 5.41) is 2.91. The van der Waals surface area contributed by atoms with E-state index >= 15 is 0 Å². The lowest BCUT2D eigenvalue weighted by molar-refractivity contribution is -0.110. The minimum atomic E-state index is -0.714. The summed E-state index contributed by atoms with van der Waals surface area (Å²) in [7, 11) is 0. The minimum absolute atomic E-state index is 0.120. The van der Waals surface area contributed by atoms with Crippen LogP contribution in [0.5, 0.6) is 0 Å². The molecule has 3 heterocycles. The Balaban J connectivity index is 1.46. The van der Waals surface area contributed by atoms with E-state index in [1.165, 1.54) is 0 Å². The number of anilines is 1. The lowest BCUT2D eigenvalue weighted by Gasteiger charge is -2.28. The molecule has 2 aromatic carbocycles. The van der Waals surface area contributed by atoms with Crippen LogP contribution in [-0.4, -0.2) is 30.1 Å². The molecule has 1 atom stereocenters. The quantitative estimate of drug-likeness (QED) is 0.820. The Kier molecular flexibility index (Phi) is 3.97. The molecular formula is C22H21FN2O2. The molecule has 3 aliphatic rings. The summed E-state index contributed by atoms with van der Waals surface area (Å²) in [4.78, 5) is 14.7. The zero-order valence-electron chi connectivity index (χ0n) is 15.0. The van der Waals surface area contributed by atoms with Crippen molar-refractivity contribution in [3.05, 3.63) is 64.7 Å². The fraction of sp³-hybridized carbons (Fsp3) is 0.318. The van der Waals surface area contributed by atoms with E-state index in [1.807, 2.05) is 30.3 Å². The predicted octanol–water partition coefficient (Wildman–Crippen LogP) is 3.97. The molecule has 27 heavy (non-hydrogen) atoms. The number of amides is 1. The van der Waals surface area contributed by atoms with Gasteiger partial charge in [0.25, 0.3) is 5.91 Å². The molecule has 5 heteroatoms. The summed E-state index contributed by atoms with van der Waals surface area (Å²) in [5.41, 5.74) is 5.53. The van der Waals surface area contributed by atoms with Gasteiger partial charge in [-0.3, -0.25) is 9.69 Å². The van der Waals surface area contributed by atoms with Crippen molar-refractivity contribution < 1.29 is 13.9 Å². The molecule has 0 radical (unpaired) electrons. The van der Waals surface area contributed by atoms with Crippen LogP contribution >= 0.6 is 0 Å². The molecule has 3 aliphatic heterocycles. The molecule has 0 saturated carbocycles. The molecule has 0 bridgehead atoms. The van der Waals surface area contributed by atoms with Gasteiger partial charge in [-0.15, -0.1) is 0 Å². The molecule has 1 unspecified atom stereocenters. The van der Waals surface area contributed by atoms with Gasteiger partial charge in [-0.25, -0.2) is 4.39 Å². The van der Waals surface area contributed by atoms with Crippen molar-refractivity contribution in [2.24, 2.45) is 0 Å². The molecule has 0 spiro atoms. The summed E-state index contributed by atoms with van der Waals surface area (Å²) in [6, 6.07) is 13.9. The first-order valence-electron chi connectivity index (χ1n) is 9.45. The van der Waals surface area contributed by atoms with Gasteiger partial charge < -0.3 is 10.1 Å². The molecule has 0 aromatic heterocycles. The van der Waals surface area contributed by atoms with E-state index in [0.29, 0.717) is 30.9 Å². The predicted molar refractivity (Wildman–Crippen MR) is 103 cm³/mol. The number of likely N-dealkylation sites (tertiary alicyclic amines) is 1. The summed E-state index contributed by atoms with van der Waals surface area (Å²) in [6.07, 6.45) is 0.878. The lowest BCUT2D eigenvalue weighted by Crippen LogP contribution is -2.35. The zero-order chi connectivity index (χ0) is 18.4. The maximum atomic E-state index is 13.6. The summed E-state index contributed by atoms with van der Waals surface area (Å²) >= 11 is 0. The number of nitrogens with one attached hydrogen (secondary N) is 1. The van der Waals surface area contributed by atoms with Gasteiger partial charge in [0.05, 0.1) is 5.57 Å². The van der Waals surface area contributed by atoms with Crippen molar-refractivity contribution >= 4 is 22.9 Å². The number of carbonyl (C=O) groups is 1. The largest absolute Gasteiger partial charge is 0.487 e. The Morgan fingerprint density at radius 2 is 2.07 bits per heavy atom. The van der Waals surface area contributed by atoms with E-state index in [4.69, 9.17) is 4.74 Å². The average molecular weight is 364 g/mol. The molecule has 0 aliphatic carbocycles. The van der Waals surface area contributed by atoms with E-state index in [-0.39, 0.29) is 5.91 Å². The highest BCUT2D eigenvalue weighted by Crippen LogP contribution is 2.41. The van der Waals surface area contributed by atoms with Crippen LogP contribution in [0.2, 0.25) is 0 Å². The molecule has 1 N–H and O–H groups in total. The Morgan fingerprint density at radius 1 is 1.19 bits per heavy atom. The van der Waals surface area contributed by atoms with E-state index in [2.05, 4.69) is 22.3 Å². The molecule has 4 nitrogen and oxygen atoms in total. The second-order valence-electron chi connectivity index (χ2n) is 7.46. The number of halogens is 1. The van der Waals surface area contributed by atoms with Crippen molar-refractivity contribution in [1.29, 1.82) is 0 Å². The number of para-hydroxylation sites is 1.